The molecule has 0 spiro atoms. The van der Waals surface area contributed by atoms with Gasteiger partial charge in [0.1, 0.15) is 5.75 Å². The van der Waals surface area contributed by atoms with Gasteiger partial charge in [-0.05, 0) is 43.2 Å². The van der Waals surface area contributed by atoms with Gasteiger partial charge in [0, 0.05) is 24.9 Å². The maximum absolute atomic E-state index is 12.2. The number of amides is 2. The lowest BCUT2D eigenvalue weighted by molar-refractivity contribution is -0.119. The van der Waals surface area contributed by atoms with Crippen molar-refractivity contribution in [1.29, 1.82) is 0 Å². The summed E-state index contributed by atoms with van der Waals surface area (Å²) in [6.45, 7) is 2.13. The number of carbonyl (C=O) groups is 2. The summed E-state index contributed by atoms with van der Waals surface area (Å²) in [5.74, 6) is 1.10. The minimum atomic E-state index is -0.0929. The van der Waals surface area contributed by atoms with Crippen molar-refractivity contribution in [2.75, 3.05) is 11.9 Å². The maximum atomic E-state index is 12.2. The highest BCUT2D eigenvalue weighted by molar-refractivity contribution is 6.31. The van der Waals surface area contributed by atoms with E-state index < -0.39 is 0 Å². The van der Waals surface area contributed by atoms with E-state index in [-0.39, 0.29) is 11.8 Å². The summed E-state index contributed by atoms with van der Waals surface area (Å²) in [5.41, 5.74) is 0.546. The number of para-hydroxylation sites is 1. The highest BCUT2D eigenvalue weighted by Crippen LogP contribution is 2.32. The molecule has 0 heterocycles. The average Bonchev–Trinajstić information content (AvgIpc) is 2.61. The largest absolute Gasteiger partial charge is 0.455 e. The van der Waals surface area contributed by atoms with Crippen LogP contribution in [0.3, 0.4) is 0 Å². The lowest BCUT2D eigenvalue weighted by atomic mass is 10.2. The van der Waals surface area contributed by atoms with Gasteiger partial charge in [0.2, 0.25) is 11.8 Å². The van der Waals surface area contributed by atoms with Crippen molar-refractivity contribution in [3.05, 3.63) is 53.6 Å². The molecular formula is C20H23ClN2O3. The second-order valence-electron chi connectivity index (χ2n) is 5.90. The predicted octanol–water partition coefficient (Wildman–Crippen LogP) is 4.77. The van der Waals surface area contributed by atoms with Crippen molar-refractivity contribution < 1.29 is 14.3 Å². The lowest BCUT2D eigenvalue weighted by Gasteiger charge is -2.13. The third kappa shape index (κ3) is 7.15. The van der Waals surface area contributed by atoms with Gasteiger partial charge in [0.15, 0.2) is 5.75 Å². The summed E-state index contributed by atoms with van der Waals surface area (Å²) < 4.78 is 5.83. The van der Waals surface area contributed by atoms with E-state index in [1.807, 2.05) is 30.3 Å². The SMILES string of the molecule is CC(=O)NCCCCCC(=O)Nc1cc(Cl)ccc1Oc1ccccc1. The van der Waals surface area contributed by atoms with Crippen LogP contribution in [-0.4, -0.2) is 18.4 Å². The minimum Gasteiger partial charge on any atom is -0.455 e. The van der Waals surface area contributed by atoms with E-state index >= 15 is 0 Å². The first kappa shape index (κ1) is 19.8. The van der Waals surface area contributed by atoms with Gasteiger partial charge in [-0.15, -0.1) is 0 Å². The van der Waals surface area contributed by atoms with E-state index in [0.717, 1.165) is 19.3 Å². The summed E-state index contributed by atoms with van der Waals surface area (Å²) in [4.78, 5) is 23.0. The summed E-state index contributed by atoms with van der Waals surface area (Å²) >= 11 is 6.05. The monoisotopic (exact) mass is 374 g/mol. The number of rotatable bonds is 9. The number of anilines is 1. The molecule has 0 atom stereocenters. The summed E-state index contributed by atoms with van der Waals surface area (Å²) in [6, 6.07) is 14.5. The number of hydrogen-bond donors (Lipinski definition) is 2. The van der Waals surface area contributed by atoms with Crippen LogP contribution in [0, 0.1) is 0 Å². The molecule has 0 fully saturated rings. The van der Waals surface area contributed by atoms with Crippen LogP contribution >= 0.6 is 11.6 Å². The molecule has 0 saturated carbocycles. The van der Waals surface area contributed by atoms with Crippen LogP contribution in [0.15, 0.2) is 48.5 Å². The molecule has 2 aromatic carbocycles. The van der Waals surface area contributed by atoms with Crippen molar-refractivity contribution >= 4 is 29.1 Å². The number of halogens is 1. The molecule has 6 heteroatoms. The number of benzene rings is 2. The van der Waals surface area contributed by atoms with Gasteiger partial charge in [-0.2, -0.15) is 0 Å². The molecule has 5 nitrogen and oxygen atoms in total. The van der Waals surface area contributed by atoms with Crippen LogP contribution in [-0.2, 0) is 9.59 Å². The smallest absolute Gasteiger partial charge is 0.224 e. The number of carbonyl (C=O) groups excluding carboxylic acids is 2. The molecule has 0 aliphatic rings. The zero-order valence-corrected chi connectivity index (χ0v) is 15.5. The van der Waals surface area contributed by atoms with Crippen molar-refractivity contribution in [3.8, 4) is 11.5 Å². The van der Waals surface area contributed by atoms with Crippen LogP contribution < -0.4 is 15.4 Å². The van der Waals surface area contributed by atoms with Gasteiger partial charge >= 0.3 is 0 Å². The minimum absolute atomic E-state index is 0.0327. The average molecular weight is 375 g/mol. The first-order valence-electron chi connectivity index (χ1n) is 8.61. The van der Waals surface area contributed by atoms with E-state index in [2.05, 4.69) is 10.6 Å². The fraction of sp³-hybridized carbons (Fsp3) is 0.300. The van der Waals surface area contributed by atoms with E-state index in [9.17, 15) is 9.59 Å². The van der Waals surface area contributed by atoms with Gasteiger partial charge in [0.05, 0.1) is 5.69 Å². The second-order valence-corrected chi connectivity index (χ2v) is 6.33. The van der Waals surface area contributed by atoms with Crippen LogP contribution in [0.1, 0.15) is 32.6 Å². The van der Waals surface area contributed by atoms with Gasteiger partial charge in [0.25, 0.3) is 0 Å². The van der Waals surface area contributed by atoms with Crippen LogP contribution in [0.2, 0.25) is 5.02 Å². The highest BCUT2D eigenvalue weighted by atomic mass is 35.5. The molecule has 0 bridgehead atoms. The molecular weight excluding hydrogens is 352 g/mol. The molecule has 2 N–H and O–H groups in total. The van der Waals surface area contributed by atoms with Crippen molar-refractivity contribution in [2.24, 2.45) is 0 Å². The molecule has 2 amide bonds. The molecule has 138 valence electrons. The topological polar surface area (TPSA) is 67.4 Å². The van der Waals surface area contributed by atoms with Crippen molar-refractivity contribution in [3.63, 3.8) is 0 Å². The fourth-order valence-corrected chi connectivity index (χ4v) is 2.54. The second kappa shape index (κ2) is 10.5. The van der Waals surface area contributed by atoms with Crippen molar-refractivity contribution in [1.82, 2.24) is 5.32 Å². The normalized spacial score (nSPS) is 10.2. The Morgan fingerprint density at radius 2 is 1.81 bits per heavy atom. The first-order chi connectivity index (χ1) is 12.5. The number of ether oxygens (including phenoxy) is 1. The van der Waals surface area contributed by atoms with E-state index in [1.165, 1.54) is 6.92 Å². The Kier molecular flexibility index (Phi) is 7.96. The predicted molar refractivity (Wildman–Crippen MR) is 104 cm³/mol. The fourth-order valence-electron chi connectivity index (χ4n) is 2.37. The van der Waals surface area contributed by atoms with Gasteiger partial charge < -0.3 is 15.4 Å². The third-order valence-electron chi connectivity index (χ3n) is 3.64. The molecule has 0 aromatic heterocycles. The van der Waals surface area contributed by atoms with E-state index in [0.29, 0.717) is 35.2 Å². The zero-order valence-electron chi connectivity index (χ0n) is 14.8. The van der Waals surface area contributed by atoms with Crippen LogP contribution in [0.5, 0.6) is 11.5 Å². The van der Waals surface area contributed by atoms with Crippen LogP contribution in [0.4, 0.5) is 5.69 Å². The number of hydrogen-bond acceptors (Lipinski definition) is 3. The lowest BCUT2D eigenvalue weighted by Crippen LogP contribution is -2.20. The quantitative estimate of drug-likeness (QED) is 0.621. The number of nitrogens with one attached hydrogen (secondary N) is 2. The standard InChI is InChI=1S/C20H23ClN2O3/c1-15(24)22-13-7-3-6-10-20(25)23-18-14-16(21)11-12-19(18)26-17-8-4-2-5-9-17/h2,4-5,8-9,11-12,14H,3,6-7,10,13H2,1H3,(H,22,24)(H,23,25). The Bertz CT molecular complexity index is 735. The Labute approximate surface area is 158 Å². The molecule has 0 aliphatic carbocycles. The van der Waals surface area contributed by atoms with Gasteiger partial charge in [-0.1, -0.05) is 36.2 Å². The molecule has 26 heavy (non-hydrogen) atoms. The Morgan fingerprint density at radius 3 is 2.54 bits per heavy atom. The molecule has 0 aliphatic heterocycles. The van der Waals surface area contributed by atoms with Crippen molar-refractivity contribution in [2.45, 2.75) is 32.6 Å². The molecule has 0 unspecified atom stereocenters. The third-order valence-corrected chi connectivity index (χ3v) is 3.88. The summed E-state index contributed by atoms with van der Waals surface area (Å²) in [5, 5.41) is 6.13. The Hall–Kier alpha value is -2.53. The highest BCUT2D eigenvalue weighted by Gasteiger charge is 2.10. The van der Waals surface area contributed by atoms with E-state index in [1.54, 1.807) is 18.2 Å². The molecule has 0 saturated heterocycles. The molecule has 0 radical (unpaired) electrons. The Morgan fingerprint density at radius 1 is 1.04 bits per heavy atom. The maximum Gasteiger partial charge on any atom is 0.224 e. The summed E-state index contributed by atoms with van der Waals surface area (Å²) in [7, 11) is 0. The zero-order chi connectivity index (χ0) is 18.8. The molecule has 2 rings (SSSR count). The summed E-state index contributed by atoms with van der Waals surface area (Å²) in [6.07, 6.45) is 2.88. The molecule has 2 aromatic rings. The van der Waals surface area contributed by atoms with E-state index in [4.69, 9.17) is 16.3 Å². The Balaban J connectivity index is 1.86. The van der Waals surface area contributed by atoms with Crippen LogP contribution in [0.25, 0.3) is 0 Å². The van der Waals surface area contributed by atoms with Gasteiger partial charge in [-0.3, -0.25) is 9.59 Å². The number of unbranched alkanes of at least 4 members (excludes halogenated alkanes) is 2. The first-order valence-corrected chi connectivity index (χ1v) is 8.99. The van der Waals surface area contributed by atoms with Gasteiger partial charge in [-0.25, -0.2) is 0 Å².